The van der Waals surface area contributed by atoms with E-state index in [1.165, 1.54) is 22.3 Å². The Hall–Kier alpha value is -0.780. The van der Waals surface area contributed by atoms with Gasteiger partial charge in [-0.25, -0.2) is 0 Å². The van der Waals surface area contributed by atoms with Gasteiger partial charge in [-0.15, -0.1) is 0 Å². The maximum atomic E-state index is 2.28. The van der Waals surface area contributed by atoms with Gasteiger partial charge in [-0.1, -0.05) is 60.6 Å². The molecule has 0 aliphatic rings. The lowest BCUT2D eigenvalue weighted by Crippen LogP contribution is -1.89. The quantitative estimate of drug-likeness (QED) is 0.542. The molecular formula is C17H34. The van der Waals surface area contributed by atoms with Crippen molar-refractivity contribution in [2.75, 3.05) is 0 Å². The van der Waals surface area contributed by atoms with E-state index in [-0.39, 0.29) is 0 Å². The molecule has 0 heterocycles. The summed E-state index contributed by atoms with van der Waals surface area (Å²) in [6.07, 6.45) is 1.14. The summed E-state index contributed by atoms with van der Waals surface area (Å²) >= 11 is 0. The first-order valence-electron chi connectivity index (χ1n) is 7.22. The molecule has 0 spiro atoms. The second-order valence-electron chi connectivity index (χ2n) is 3.21. The van der Waals surface area contributed by atoms with Crippen molar-refractivity contribution in [1.82, 2.24) is 0 Å². The molecule has 0 heteroatoms. The molecule has 0 aliphatic heterocycles. The SMILES string of the molecule is CC.CC.CC.CCc1cc(C)c(C)c(C)c1. The fraction of sp³-hybridized carbons (Fsp3) is 0.647. The lowest BCUT2D eigenvalue weighted by molar-refractivity contribution is 1.11. The number of aryl methyl sites for hydroxylation is 3. The van der Waals surface area contributed by atoms with Gasteiger partial charge in [-0.3, -0.25) is 0 Å². The average Bonchev–Trinajstić information content (AvgIpc) is 2.42. The van der Waals surface area contributed by atoms with Crippen molar-refractivity contribution in [2.24, 2.45) is 0 Å². The van der Waals surface area contributed by atoms with E-state index >= 15 is 0 Å². The Morgan fingerprint density at radius 2 is 1.00 bits per heavy atom. The van der Waals surface area contributed by atoms with Gasteiger partial charge in [0.15, 0.2) is 0 Å². The van der Waals surface area contributed by atoms with Crippen LogP contribution in [0.25, 0.3) is 0 Å². The molecule has 0 aliphatic carbocycles. The first-order valence-corrected chi connectivity index (χ1v) is 7.22. The second-order valence-corrected chi connectivity index (χ2v) is 3.21. The summed E-state index contributed by atoms with van der Waals surface area (Å²) in [6, 6.07) is 4.56. The molecular weight excluding hydrogens is 204 g/mol. The highest BCUT2D eigenvalue weighted by Crippen LogP contribution is 2.15. The van der Waals surface area contributed by atoms with Gasteiger partial charge in [0.05, 0.1) is 0 Å². The molecule has 102 valence electrons. The highest BCUT2D eigenvalue weighted by molar-refractivity contribution is 5.36. The van der Waals surface area contributed by atoms with E-state index in [2.05, 4.69) is 39.8 Å². The maximum absolute atomic E-state index is 2.28. The van der Waals surface area contributed by atoms with Crippen LogP contribution in [-0.4, -0.2) is 0 Å². The molecule has 1 rings (SSSR count). The van der Waals surface area contributed by atoms with Gasteiger partial charge >= 0.3 is 0 Å². The molecule has 0 atom stereocenters. The molecule has 0 nitrogen and oxygen atoms in total. The molecule has 0 unspecified atom stereocenters. The van der Waals surface area contributed by atoms with Crippen molar-refractivity contribution in [3.8, 4) is 0 Å². The lowest BCUT2D eigenvalue weighted by atomic mass is 10.00. The van der Waals surface area contributed by atoms with E-state index in [4.69, 9.17) is 0 Å². The summed E-state index contributed by atoms with van der Waals surface area (Å²) in [5.74, 6) is 0. The normalized spacial score (nSPS) is 7.65. The summed E-state index contributed by atoms with van der Waals surface area (Å²) < 4.78 is 0. The van der Waals surface area contributed by atoms with Crippen LogP contribution in [0.4, 0.5) is 0 Å². The summed E-state index contributed by atoms with van der Waals surface area (Å²) in [4.78, 5) is 0. The smallest absolute Gasteiger partial charge is 0.0307 e. The Morgan fingerprint density at radius 1 is 0.706 bits per heavy atom. The van der Waals surface area contributed by atoms with Crippen molar-refractivity contribution in [3.63, 3.8) is 0 Å². The van der Waals surface area contributed by atoms with E-state index in [9.17, 15) is 0 Å². The minimum Gasteiger partial charge on any atom is -0.0683 e. The predicted octanol–water partition coefficient (Wildman–Crippen LogP) is 6.25. The third-order valence-corrected chi connectivity index (χ3v) is 2.40. The zero-order valence-corrected chi connectivity index (χ0v) is 13.9. The average molecular weight is 238 g/mol. The van der Waals surface area contributed by atoms with Crippen LogP contribution in [0.2, 0.25) is 0 Å². The summed E-state index contributed by atoms with van der Waals surface area (Å²) in [6.45, 7) is 20.7. The lowest BCUT2D eigenvalue weighted by Gasteiger charge is -2.06. The molecule has 0 saturated carbocycles. The largest absolute Gasteiger partial charge is 0.0683 e. The number of hydrogen-bond acceptors (Lipinski definition) is 0. The van der Waals surface area contributed by atoms with Crippen molar-refractivity contribution in [3.05, 3.63) is 34.4 Å². The van der Waals surface area contributed by atoms with Crippen LogP contribution in [0.1, 0.15) is 70.7 Å². The molecule has 1 aromatic carbocycles. The van der Waals surface area contributed by atoms with Crippen molar-refractivity contribution in [1.29, 1.82) is 0 Å². The molecule has 0 amide bonds. The molecule has 0 saturated heterocycles. The van der Waals surface area contributed by atoms with Crippen LogP contribution in [0.3, 0.4) is 0 Å². The maximum Gasteiger partial charge on any atom is -0.0307 e. The number of benzene rings is 1. The van der Waals surface area contributed by atoms with Gasteiger partial charge in [0.25, 0.3) is 0 Å². The Balaban J connectivity index is -0.000000285. The van der Waals surface area contributed by atoms with E-state index in [1.807, 2.05) is 41.5 Å². The Kier molecular flexibility index (Phi) is 19.2. The van der Waals surface area contributed by atoms with Gasteiger partial charge in [0.2, 0.25) is 0 Å². The van der Waals surface area contributed by atoms with Crippen molar-refractivity contribution in [2.45, 2.75) is 75.7 Å². The van der Waals surface area contributed by atoms with Gasteiger partial charge in [-0.05, 0) is 49.4 Å². The third kappa shape index (κ3) is 8.97. The predicted molar refractivity (Wildman–Crippen MR) is 84.1 cm³/mol. The van der Waals surface area contributed by atoms with Gasteiger partial charge in [0, 0.05) is 0 Å². The van der Waals surface area contributed by atoms with Crippen LogP contribution < -0.4 is 0 Å². The standard InChI is InChI=1S/C11H16.3C2H6/c1-5-11-6-8(2)10(4)9(3)7-11;3*1-2/h6-7H,5H2,1-4H3;3*1-2H3. The van der Waals surface area contributed by atoms with Gasteiger partial charge in [-0.2, -0.15) is 0 Å². The van der Waals surface area contributed by atoms with Crippen LogP contribution >= 0.6 is 0 Å². The molecule has 0 aromatic heterocycles. The fourth-order valence-corrected chi connectivity index (χ4v) is 1.33. The van der Waals surface area contributed by atoms with Gasteiger partial charge in [0.1, 0.15) is 0 Å². The van der Waals surface area contributed by atoms with Gasteiger partial charge < -0.3 is 0 Å². The Morgan fingerprint density at radius 3 is 1.24 bits per heavy atom. The van der Waals surface area contributed by atoms with Crippen LogP contribution in [0, 0.1) is 20.8 Å². The summed E-state index contributed by atoms with van der Waals surface area (Å²) in [5, 5.41) is 0. The number of rotatable bonds is 1. The zero-order chi connectivity index (χ0) is 14.4. The first kappa shape index (κ1) is 21.5. The fourth-order valence-electron chi connectivity index (χ4n) is 1.33. The second kappa shape index (κ2) is 15.2. The van der Waals surface area contributed by atoms with E-state index in [0.717, 1.165) is 6.42 Å². The van der Waals surface area contributed by atoms with Crippen LogP contribution in [-0.2, 0) is 6.42 Å². The van der Waals surface area contributed by atoms with E-state index < -0.39 is 0 Å². The zero-order valence-electron chi connectivity index (χ0n) is 13.9. The van der Waals surface area contributed by atoms with Crippen molar-refractivity contribution >= 4 is 0 Å². The highest BCUT2D eigenvalue weighted by Gasteiger charge is 1.98. The molecule has 0 radical (unpaired) electrons. The summed E-state index contributed by atoms with van der Waals surface area (Å²) in [5.41, 5.74) is 5.72. The minimum atomic E-state index is 1.14. The molecule has 1 aromatic rings. The Labute approximate surface area is 110 Å². The monoisotopic (exact) mass is 238 g/mol. The van der Waals surface area contributed by atoms with E-state index in [0.29, 0.717) is 0 Å². The molecule has 0 bridgehead atoms. The molecule has 0 fully saturated rings. The van der Waals surface area contributed by atoms with E-state index in [1.54, 1.807) is 0 Å². The molecule has 0 N–H and O–H groups in total. The Bertz CT molecular complexity index is 236. The third-order valence-electron chi connectivity index (χ3n) is 2.40. The highest BCUT2D eigenvalue weighted by atomic mass is 14.0. The van der Waals surface area contributed by atoms with Crippen LogP contribution in [0.15, 0.2) is 12.1 Å². The topological polar surface area (TPSA) is 0 Å². The minimum absolute atomic E-state index is 1.14. The first-order chi connectivity index (χ1) is 8.15. The van der Waals surface area contributed by atoms with Crippen LogP contribution in [0.5, 0.6) is 0 Å². The number of hydrogen-bond donors (Lipinski definition) is 0. The summed E-state index contributed by atoms with van der Waals surface area (Å²) in [7, 11) is 0. The molecule has 17 heavy (non-hydrogen) atoms. The van der Waals surface area contributed by atoms with Crippen molar-refractivity contribution < 1.29 is 0 Å².